The second-order valence-corrected chi connectivity index (χ2v) is 4.09. The van der Waals surface area contributed by atoms with Crippen LogP contribution in [0.4, 0.5) is 11.4 Å². The molecule has 2 N–H and O–H groups in total. The van der Waals surface area contributed by atoms with Crippen LogP contribution in [0.2, 0.25) is 0 Å². The molecule has 4 nitrogen and oxygen atoms in total. The van der Waals surface area contributed by atoms with E-state index in [1.54, 1.807) is 24.3 Å². The van der Waals surface area contributed by atoms with E-state index >= 15 is 0 Å². The van der Waals surface area contributed by atoms with Crippen LogP contribution in [0.25, 0.3) is 0 Å². The van der Waals surface area contributed by atoms with Crippen LogP contribution in [-0.2, 0) is 11.2 Å². The molecule has 19 heavy (non-hydrogen) atoms. The number of carboxylic acid groups (broad SMARTS) is 1. The van der Waals surface area contributed by atoms with Crippen LogP contribution in [0.1, 0.15) is 11.1 Å². The maximum absolute atomic E-state index is 10.7. The van der Waals surface area contributed by atoms with Gasteiger partial charge < -0.3 is 10.4 Å². The van der Waals surface area contributed by atoms with Gasteiger partial charge in [-0.25, -0.2) is 0 Å². The Bertz CT molecular complexity index is 627. The van der Waals surface area contributed by atoms with E-state index in [0.29, 0.717) is 5.56 Å². The first-order chi connectivity index (χ1) is 9.17. The summed E-state index contributed by atoms with van der Waals surface area (Å²) in [4.78, 5) is 10.7. The molecule has 0 spiro atoms. The molecule has 0 bridgehead atoms. The highest BCUT2D eigenvalue weighted by atomic mass is 16.4. The summed E-state index contributed by atoms with van der Waals surface area (Å²) in [5.41, 5.74) is 3.02. The number of hydrogen-bond acceptors (Lipinski definition) is 3. The fourth-order valence-corrected chi connectivity index (χ4v) is 1.73. The van der Waals surface area contributed by atoms with Gasteiger partial charge in [-0.1, -0.05) is 12.1 Å². The van der Waals surface area contributed by atoms with Gasteiger partial charge in [0.15, 0.2) is 0 Å². The Hall–Kier alpha value is -2.80. The summed E-state index contributed by atoms with van der Waals surface area (Å²) in [5, 5.41) is 20.6. The van der Waals surface area contributed by atoms with Crippen molar-refractivity contribution in [1.82, 2.24) is 0 Å². The summed E-state index contributed by atoms with van der Waals surface area (Å²) in [6.07, 6.45) is 0.00287. The minimum Gasteiger partial charge on any atom is -0.481 e. The largest absolute Gasteiger partial charge is 0.481 e. The number of rotatable bonds is 4. The third-order valence-corrected chi connectivity index (χ3v) is 2.59. The minimum absolute atomic E-state index is 0.00287. The van der Waals surface area contributed by atoms with Crippen molar-refractivity contribution in [3.8, 4) is 6.07 Å². The number of hydrogen-bond donors (Lipinski definition) is 2. The molecule has 0 radical (unpaired) electrons. The Morgan fingerprint density at radius 3 is 2.53 bits per heavy atom. The summed E-state index contributed by atoms with van der Waals surface area (Å²) in [7, 11) is 0. The second kappa shape index (κ2) is 5.69. The van der Waals surface area contributed by atoms with Crippen molar-refractivity contribution in [3.05, 3.63) is 59.7 Å². The molecule has 2 aromatic rings. The van der Waals surface area contributed by atoms with Gasteiger partial charge in [-0.15, -0.1) is 0 Å². The third-order valence-electron chi connectivity index (χ3n) is 2.59. The predicted molar refractivity (Wildman–Crippen MR) is 72.2 cm³/mol. The van der Waals surface area contributed by atoms with Crippen LogP contribution in [0.3, 0.4) is 0 Å². The fraction of sp³-hybridized carbons (Fsp3) is 0.0667. The standard InChI is InChI=1S/C15H12N2O2/c16-10-11-4-6-13(7-5-11)17-14-3-1-2-12(8-14)9-15(18)19/h1-8,17H,9H2,(H,18,19). The van der Waals surface area contributed by atoms with Crippen LogP contribution in [0, 0.1) is 11.3 Å². The van der Waals surface area contributed by atoms with Crippen LogP contribution in [0.15, 0.2) is 48.5 Å². The van der Waals surface area contributed by atoms with Crippen molar-refractivity contribution in [2.45, 2.75) is 6.42 Å². The zero-order chi connectivity index (χ0) is 13.7. The topological polar surface area (TPSA) is 73.1 Å². The first kappa shape index (κ1) is 12.7. The van der Waals surface area contributed by atoms with Crippen molar-refractivity contribution in [2.24, 2.45) is 0 Å². The van der Waals surface area contributed by atoms with Crippen LogP contribution >= 0.6 is 0 Å². The van der Waals surface area contributed by atoms with E-state index < -0.39 is 5.97 Å². The predicted octanol–water partition coefficient (Wildman–Crippen LogP) is 2.93. The summed E-state index contributed by atoms with van der Waals surface area (Å²) >= 11 is 0. The maximum Gasteiger partial charge on any atom is 0.307 e. The molecule has 0 aromatic heterocycles. The fourth-order valence-electron chi connectivity index (χ4n) is 1.73. The summed E-state index contributed by atoms with van der Waals surface area (Å²) in [6.45, 7) is 0. The molecule has 0 fully saturated rings. The summed E-state index contributed by atoms with van der Waals surface area (Å²) in [5.74, 6) is -0.851. The molecule has 0 unspecified atom stereocenters. The van der Waals surface area contributed by atoms with Gasteiger partial charge >= 0.3 is 5.97 Å². The van der Waals surface area contributed by atoms with E-state index in [1.807, 2.05) is 24.3 Å². The van der Waals surface area contributed by atoms with Crippen molar-refractivity contribution >= 4 is 17.3 Å². The number of carbonyl (C=O) groups is 1. The molecule has 0 atom stereocenters. The van der Waals surface area contributed by atoms with Crippen molar-refractivity contribution in [2.75, 3.05) is 5.32 Å². The Balaban J connectivity index is 2.14. The maximum atomic E-state index is 10.7. The van der Waals surface area contributed by atoms with Gasteiger partial charge in [-0.05, 0) is 42.0 Å². The number of anilines is 2. The van der Waals surface area contributed by atoms with E-state index in [2.05, 4.69) is 11.4 Å². The van der Waals surface area contributed by atoms with Gasteiger partial charge in [0.05, 0.1) is 18.1 Å². The van der Waals surface area contributed by atoms with Crippen LogP contribution in [0.5, 0.6) is 0 Å². The van der Waals surface area contributed by atoms with Crippen molar-refractivity contribution in [3.63, 3.8) is 0 Å². The second-order valence-electron chi connectivity index (χ2n) is 4.09. The average Bonchev–Trinajstić information content (AvgIpc) is 2.39. The molecule has 0 saturated carbocycles. The number of nitrogens with one attached hydrogen (secondary N) is 1. The molecule has 0 aliphatic heterocycles. The zero-order valence-corrected chi connectivity index (χ0v) is 10.1. The number of nitrogens with zero attached hydrogens (tertiary/aromatic N) is 1. The first-order valence-corrected chi connectivity index (χ1v) is 5.75. The van der Waals surface area contributed by atoms with E-state index in [4.69, 9.17) is 10.4 Å². The van der Waals surface area contributed by atoms with Crippen molar-refractivity contribution in [1.29, 1.82) is 5.26 Å². The Labute approximate surface area is 110 Å². The number of nitriles is 1. The van der Waals surface area contributed by atoms with E-state index in [1.165, 1.54) is 0 Å². The Kier molecular flexibility index (Phi) is 3.79. The van der Waals surface area contributed by atoms with Crippen molar-refractivity contribution < 1.29 is 9.90 Å². The smallest absolute Gasteiger partial charge is 0.307 e. The monoisotopic (exact) mass is 252 g/mol. The minimum atomic E-state index is -0.851. The molecule has 4 heteroatoms. The lowest BCUT2D eigenvalue weighted by atomic mass is 10.1. The first-order valence-electron chi connectivity index (χ1n) is 5.75. The van der Waals surface area contributed by atoms with Gasteiger partial charge in [-0.3, -0.25) is 4.79 Å². The Morgan fingerprint density at radius 1 is 1.16 bits per heavy atom. The third kappa shape index (κ3) is 3.58. The normalized spacial score (nSPS) is 9.63. The van der Waals surface area contributed by atoms with Gasteiger partial charge in [0.1, 0.15) is 0 Å². The van der Waals surface area contributed by atoms with Gasteiger partial charge in [0, 0.05) is 11.4 Å². The lowest BCUT2D eigenvalue weighted by Crippen LogP contribution is -2.00. The van der Waals surface area contributed by atoms with E-state index in [0.717, 1.165) is 16.9 Å². The molecule has 2 rings (SSSR count). The lowest BCUT2D eigenvalue weighted by molar-refractivity contribution is -0.136. The zero-order valence-electron chi connectivity index (χ0n) is 10.1. The molecule has 2 aromatic carbocycles. The molecular formula is C15H12N2O2. The van der Waals surface area contributed by atoms with E-state index in [-0.39, 0.29) is 6.42 Å². The summed E-state index contributed by atoms with van der Waals surface area (Å²) in [6, 6.07) is 16.4. The van der Waals surface area contributed by atoms with Gasteiger partial charge in [0.25, 0.3) is 0 Å². The van der Waals surface area contributed by atoms with Gasteiger partial charge in [0.2, 0.25) is 0 Å². The highest BCUT2D eigenvalue weighted by molar-refractivity contribution is 5.71. The molecule has 0 aliphatic carbocycles. The highest BCUT2D eigenvalue weighted by Crippen LogP contribution is 2.18. The molecular weight excluding hydrogens is 240 g/mol. The van der Waals surface area contributed by atoms with E-state index in [9.17, 15) is 4.79 Å². The number of benzene rings is 2. The molecule has 0 saturated heterocycles. The number of carboxylic acids is 1. The summed E-state index contributed by atoms with van der Waals surface area (Å²) < 4.78 is 0. The SMILES string of the molecule is N#Cc1ccc(Nc2cccc(CC(=O)O)c2)cc1. The quantitative estimate of drug-likeness (QED) is 0.877. The van der Waals surface area contributed by atoms with Crippen LogP contribution < -0.4 is 5.32 Å². The molecule has 0 amide bonds. The Morgan fingerprint density at radius 2 is 1.89 bits per heavy atom. The van der Waals surface area contributed by atoms with Crippen LogP contribution in [-0.4, -0.2) is 11.1 Å². The van der Waals surface area contributed by atoms with Gasteiger partial charge in [-0.2, -0.15) is 5.26 Å². The lowest BCUT2D eigenvalue weighted by Gasteiger charge is -2.07. The molecule has 94 valence electrons. The molecule has 0 aliphatic rings. The number of aliphatic carboxylic acids is 1. The average molecular weight is 252 g/mol. The molecule has 0 heterocycles. The highest BCUT2D eigenvalue weighted by Gasteiger charge is 2.01.